The first-order valence-electron chi connectivity index (χ1n) is 6.20. The molecular formula is C13H21NO4S. The van der Waals surface area contributed by atoms with Crippen LogP contribution in [0, 0.1) is 6.92 Å². The average Bonchev–Trinajstić information content (AvgIpc) is 2.38. The molecule has 0 atom stereocenters. The molecule has 0 aliphatic carbocycles. The molecule has 0 fully saturated rings. The summed E-state index contributed by atoms with van der Waals surface area (Å²) in [6.45, 7) is 2.68. The van der Waals surface area contributed by atoms with Crippen LogP contribution in [0.3, 0.4) is 0 Å². The maximum Gasteiger partial charge on any atom is 0.240 e. The molecule has 0 amide bonds. The lowest BCUT2D eigenvalue weighted by Crippen LogP contribution is -2.25. The van der Waals surface area contributed by atoms with E-state index in [1.54, 1.807) is 19.2 Å². The summed E-state index contributed by atoms with van der Waals surface area (Å²) in [5, 5.41) is 9.15. The summed E-state index contributed by atoms with van der Waals surface area (Å²) in [4.78, 5) is 0.189. The largest absolute Gasteiger partial charge is 0.392 e. The van der Waals surface area contributed by atoms with Gasteiger partial charge in [0.25, 0.3) is 0 Å². The number of ether oxygens (including phenoxy) is 1. The van der Waals surface area contributed by atoms with Gasteiger partial charge >= 0.3 is 0 Å². The number of benzene rings is 1. The van der Waals surface area contributed by atoms with Crippen LogP contribution in [0.25, 0.3) is 0 Å². The highest BCUT2D eigenvalue weighted by Crippen LogP contribution is 2.15. The van der Waals surface area contributed by atoms with E-state index in [0.29, 0.717) is 18.7 Å². The smallest absolute Gasteiger partial charge is 0.240 e. The Morgan fingerprint density at radius 1 is 1.32 bits per heavy atom. The van der Waals surface area contributed by atoms with E-state index < -0.39 is 10.0 Å². The van der Waals surface area contributed by atoms with Crippen LogP contribution in [0.4, 0.5) is 0 Å². The molecule has 1 rings (SSSR count). The number of rotatable bonds is 8. The number of hydrogen-bond donors (Lipinski definition) is 2. The highest BCUT2D eigenvalue weighted by atomic mass is 32.2. The molecular weight excluding hydrogens is 266 g/mol. The summed E-state index contributed by atoms with van der Waals surface area (Å²) in [6.07, 6.45) is 1.54. The third-order valence-electron chi connectivity index (χ3n) is 2.87. The van der Waals surface area contributed by atoms with Crippen LogP contribution >= 0.6 is 0 Å². The minimum Gasteiger partial charge on any atom is -0.392 e. The third kappa shape index (κ3) is 4.91. The first-order valence-corrected chi connectivity index (χ1v) is 7.68. The van der Waals surface area contributed by atoms with E-state index >= 15 is 0 Å². The maximum atomic E-state index is 12.0. The second-order valence-corrected chi connectivity index (χ2v) is 6.11. The fourth-order valence-electron chi connectivity index (χ4n) is 1.65. The molecule has 0 unspecified atom stereocenters. The van der Waals surface area contributed by atoms with Crippen molar-refractivity contribution in [2.24, 2.45) is 0 Å². The van der Waals surface area contributed by atoms with Crippen LogP contribution in [-0.4, -0.2) is 33.8 Å². The third-order valence-corrected chi connectivity index (χ3v) is 4.33. The van der Waals surface area contributed by atoms with E-state index in [2.05, 4.69) is 4.72 Å². The van der Waals surface area contributed by atoms with Gasteiger partial charge in [-0.25, -0.2) is 13.1 Å². The van der Waals surface area contributed by atoms with Crippen LogP contribution in [0.15, 0.2) is 23.1 Å². The van der Waals surface area contributed by atoms with Crippen molar-refractivity contribution in [2.45, 2.75) is 31.3 Å². The lowest BCUT2D eigenvalue weighted by molar-refractivity contribution is 0.193. The van der Waals surface area contributed by atoms with Crippen molar-refractivity contribution in [3.8, 4) is 0 Å². The predicted molar refractivity (Wildman–Crippen MR) is 73.4 cm³/mol. The molecule has 0 spiro atoms. The Kier molecular flexibility index (Phi) is 6.44. The Bertz CT molecular complexity index is 499. The highest BCUT2D eigenvalue weighted by molar-refractivity contribution is 7.89. The van der Waals surface area contributed by atoms with Crippen LogP contribution in [-0.2, 0) is 21.4 Å². The van der Waals surface area contributed by atoms with Gasteiger partial charge in [0, 0.05) is 20.3 Å². The summed E-state index contributed by atoms with van der Waals surface area (Å²) in [7, 11) is -1.88. The van der Waals surface area contributed by atoms with Gasteiger partial charge in [-0.05, 0) is 43.0 Å². The van der Waals surface area contributed by atoms with E-state index in [0.717, 1.165) is 18.4 Å². The number of aryl methyl sites for hydroxylation is 1. The number of aliphatic hydroxyl groups excluding tert-OH is 1. The summed E-state index contributed by atoms with van der Waals surface area (Å²) >= 11 is 0. The van der Waals surface area contributed by atoms with Crippen LogP contribution in [0.1, 0.15) is 24.0 Å². The van der Waals surface area contributed by atoms with Gasteiger partial charge in [-0.1, -0.05) is 6.07 Å². The van der Waals surface area contributed by atoms with Crippen molar-refractivity contribution in [1.29, 1.82) is 0 Å². The molecule has 6 heteroatoms. The summed E-state index contributed by atoms with van der Waals surface area (Å²) in [6, 6.07) is 4.75. The minimum absolute atomic E-state index is 0.164. The average molecular weight is 287 g/mol. The predicted octanol–water partition coefficient (Wildman–Crippen LogP) is 1.19. The topological polar surface area (TPSA) is 75.6 Å². The van der Waals surface area contributed by atoms with Gasteiger partial charge in [-0.15, -0.1) is 0 Å². The molecule has 1 aromatic carbocycles. The molecule has 0 aliphatic heterocycles. The number of sulfonamides is 1. The molecule has 0 radical (unpaired) electrons. The lowest BCUT2D eigenvalue weighted by atomic mass is 10.1. The van der Waals surface area contributed by atoms with Gasteiger partial charge < -0.3 is 9.84 Å². The Balaban J connectivity index is 2.67. The molecule has 0 heterocycles. The lowest BCUT2D eigenvalue weighted by Gasteiger charge is -2.09. The van der Waals surface area contributed by atoms with Crippen molar-refractivity contribution in [3.63, 3.8) is 0 Å². The van der Waals surface area contributed by atoms with Crippen LogP contribution < -0.4 is 4.72 Å². The molecule has 0 saturated carbocycles. The minimum atomic E-state index is -3.50. The molecule has 0 aliphatic rings. The van der Waals surface area contributed by atoms with Crippen molar-refractivity contribution in [1.82, 2.24) is 4.72 Å². The van der Waals surface area contributed by atoms with E-state index in [1.807, 2.05) is 6.92 Å². The Hall–Kier alpha value is -0.950. The maximum absolute atomic E-state index is 12.0. The first-order chi connectivity index (χ1) is 9.01. The SMILES string of the molecule is COCCCCNS(=O)(=O)c1ccc(C)c(CO)c1. The van der Waals surface area contributed by atoms with E-state index in [4.69, 9.17) is 9.84 Å². The first kappa shape index (κ1) is 16.1. The summed E-state index contributed by atoms with van der Waals surface area (Å²) in [5.41, 5.74) is 1.50. The molecule has 0 bridgehead atoms. The fourth-order valence-corrected chi connectivity index (χ4v) is 2.77. The zero-order valence-electron chi connectivity index (χ0n) is 11.3. The van der Waals surface area contributed by atoms with Gasteiger partial charge in [-0.2, -0.15) is 0 Å². The molecule has 0 saturated heterocycles. The van der Waals surface area contributed by atoms with Gasteiger partial charge in [-0.3, -0.25) is 0 Å². The zero-order chi connectivity index (χ0) is 14.3. The summed E-state index contributed by atoms with van der Waals surface area (Å²) in [5.74, 6) is 0. The van der Waals surface area contributed by atoms with Crippen molar-refractivity contribution in [2.75, 3.05) is 20.3 Å². The number of methoxy groups -OCH3 is 1. The number of unbranched alkanes of at least 4 members (excludes halogenated alkanes) is 1. The number of hydrogen-bond acceptors (Lipinski definition) is 4. The van der Waals surface area contributed by atoms with E-state index in [9.17, 15) is 8.42 Å². The van der Waals surface area contributed by atoms with E-state index in [-0.39, 0.29) is 11.5 Å². The van der Waals surface area contributed by atoms with Crippen LogP contribution in [0.2, 0.25) is 0 Å². The molecule has 1 aromatic rings. The Morgan fingerprint density at radius 2 is 2.05 bits per heavy atom. The monoisotopic (exact) mass is 287 g/mol. The number of aliphatic hydroxyl groups is 1. The standard InChI is InChI=1S/C13H21NO4S/c1-11-5-6-13(9-12(11)10-15)19(16,17)14-7-3-4-8-18-2/h5-6,9,14-15H,3-4,7-8,10H2,1-2H3. The van der Waals surface area contributed by atoms with Crippen molar-refractivity contribution < 1.29 is 18.3 Å². The second kappa shape index (κ2) is 7.59. The van der Waals surface area contributed by atoms with Gasteiger partial charge in [0.1, 0.15) is 0 Å². The molecule has 0 aromatic heterocycles. The van der Waals surface area contributed by atoms with Crippen molar-refractivity contribution >= 4 is 10.0 Å². The number of nitrogens with one attached hydrogen (secondary N) is 1. The molecule has 108 valence electrons. The normalized spacial score (nSPS) is 11.7. The van der Waals surface area contributed by atoms with Gasteiger partial charge in [0.2, 0.25) is 10.0 Å². The van der Waals surface area contributed by atoms with Crippen molar-refractivity contribution in [3.05, 3.63) is 29.3 Å². The molecule has 5 nitrogen and oxygen atoms in total. The highest BCUT2D eigenvalue weighted by Gasteiger charge is 2.14. The molecule has 2 N–H and O–H groups in total. The fraction of sp³-hybridized carbons (Fsp3) is 0.538. The summed E-state index contributed by atoms with van der Waals surface area (Å²) < 4.78 is 31.5. The Labute approximate surface area is 114 Å². The van der Waals surface area contributed by atoms with Crippen LogP contribution in [0.5, 0.6) is 0 Å². The zero-order valence-corrected chi connectivity index (χ0v) is 12.2. The van der Waals surface area contributed by atoms with Gasteiger partial charge in [0.05, 0.1) is 11.5 Å². The van der Waals surface area contributed by atoms with E-state index in [1.165, 1.54) is 6.07 Å². The van der Waals surface area contributed by atoms with Gasteiger partial charge in [0.15, 0.2) is 0 Å². The quantitative estimate of drug-likeness (QED) is 0.704. The molecule has 19 heavy (non-hydrogen) atoms. The Morgan fingerprint density at radius 3 is 2.68 bits per heavy atom. The second-order valence-electron chi connectivity index (χ2n) is 4.34.